The normalized spacial score (nSPS) is 15.5. The van der Waals surface area contributed by atoms with Crippen molar-refractivity contribution in [2.24, 2.45) is 0 Å². The lowest BCUT2D eigenvalue weighted by Crippen LogP contribution is -2.46. The van der Waals surface area contributed by atoms with Crippen LogP contribution in [0.5, 0.6) is 0 Å². The van der Waals surface area contributed by atoms with Gasteiger partial charge < -0.3 is 4.90 Å². The van der Waals surface area contributed by atoms with Crippen molar-refractivity contribution in [1.29, 1.82) is 5.26 Å². The van der Waals surface area contributed by atoms with Crippen LogP contribution < -0.4 is 4.90 Å². The molecule has 0 atom stereocenters. The molecule has 1 aliphatic heterocycles. The first-order valence-corrected chi connectivity index (χ1v) is 7.49. The van der Waals surface area contributed by atoms with E-state index < -0.39 is 0 Å². The Hall–Kier alpha value is -2.45. The molecule has 0 unspecified atom stereocenters. The second kappa shape index (κ2) is 6.54. The molecule has 0 amide bonds. The summed E-state index contributed by atoms with van der Waals surface area (Å²) < 4.78 is 0. The molecule has 3 rings (SSSR count). The molecule has 0 aliphatic carbocycles. The molecule has 1 aromatic carbocycles. The van der Waals surface area contributed by atoms with Gasteiger partial charge in [0.25, 0.3) is 0 Å². The number of aromatic nitrogens is 2. The molecule has 22 heavy (non-hydrogen) atoms. The summed E-state index contributed by atoms with van der Waals surface area (Å²) in [5.74, 6) is 1.05. The number of nitriles is 1. The van der Waals surface area contributed by atoms with Crippen molar-refractivity contribution in [2.75, 3.05) is 31.1 Å². The number of nitrogens with zero attached hydrogens (tertiary/aromatic N) is 5. The first kappa shape index (κ1) is 14.5. The largest absolute Gasteiger partial charge is 0.354 e. The molecule has 0 saturated carbocycles. The van der Waals surface area contributed by atoms with Crippen LogP contribution in [0.25, 0.3) is 0 Å². The van der Waals surface area contributed by atoms with E-state index in [2.05, 4.69) is 32.8 Å². The van der Waals surface area contributed by atoms with Crippen molar-refractivity contribution >= 4 is 5.82 Å². The summed E-state index contributed by atoms with van der Waals surface area (Å²) in [6, 6.07) is 10.0. The van der Waals surface area contributed by atoms with E-state index in [0.29, 0.717) is 5.56 Å². The summed E-state index contributed by atoms with van der Waals surface area (Å²) in [6.45, 7) is 6.98. The number of aryl methyl sites for hydroxylation is 1. The average molecular weight is 293 g/mol. The van der Waals surface area contributed by atoms with Crippen LogP contribution in [0, 0.1) is 18.3 Å². The van der Waals surface area contributed by atoms with E-state index in [-0.39, 0.29) is 0 Å². The van der Waals surface area contributed by atoms with Crippen molar-refractivity contribution in [3.8, 4) is 6.07 Å². The molecule has 0 spiro atoms. The zero-order valence-electron chi connectivity index (χ0n) is 12.7. The van der Waals surface area contributed by atoms with Crippen LogP contribution >= 0.6 is 0 Å². The van der Waals surface area contributed by atoms with Gasteiger partial charge in [-0.05, 0) is 24.6 Å². The van der Waals surface area contributed by atoms with Crippen molar-refractivity contribution < 1.29 is 0 Å². The number of hydrogen-bond donors (Lipinski definition) is 0. The Kier molecular flexibility index (Phi) is 4.31. The highest BCUT2D eigenvalue weighted by Crippen LogP contribution is 2.18. The first-order chi connectivity index (χ1) is 10.8. The average Bonchev–Trinajstić information content (AvgIpc) is 2.57. The third-order valence-corrected chi connectivity index (χ3v) is 4.03. The van der Waals surface area contributed by atoms with E-state index in [1.807, 2.05) is 30.5 Å². The van der Waals surface area contributed by atoms with Crippen molar-refractivity contribution in [1.82, 2.24) is 14.9 Å². The maximum atomic E-state index is 8.83. The molecule has 0 N–H and O–H groups in total. The van der Waals surface area contributed by atoms with Crippen LogP contribution in [0.3, 0.4) is 0 Å². The summed E-state index contributed by atoms with van der Waals surface area (Å²) in [6.07, 6.45) is 3.48. The Morgan fingerprint density at radius 2 is 1.86 bits per heavy atom. The van der Waals surface area contributed by atoms with E-state index in [0.717, 1.165) is 44.1 Å². The molecular weight excluding hydrogens is 274 g/mol. The van der Waals surface area contributed by atoms with Crippen LogP contribution in [-0.4, -0.2) is 41.0 Å². The SMILES string of the molecule is Cc1cncnc1N1CCN(Cc2ccc(C#N)cc2)CC1. The maximum Gasteiger partial charge on any atom is 0.134 e. The van der Waals surface area contributed by atoms with E-state index in [1.54, 1.807) is 6.33 Å². The molecule has 0 radical (unpaired) electrons. The summed E-state index contributed by atoms with van der Waals surface area (Å²) >= 11 is 0. The Morgan fingerprint density at radius 3 is 2.50 bits per heavy atom. The van der Waals surface area contributed by atoms with Gasteiger partial charge in [0, 0.05) is 44.5 Å². The monoisotopic (exact) mass is 293 g/mol. The zero-order chi connectivity index (χ0) is 15.4. The Bertz CT molecular complexity index is 666. The van der Waals surface area contributed by atoms with Crippen LogP contribution in [0.2, 0.25) is 0 Å². The Balaban J connectivity index is 1.57. The van der Waals surface area contributed by atoms with Gasteiger partial charge in [-0.3, -0.25) is 4.90 Å². The Labute approximate surface area is 130 Å². The number of hydrogen-bond acceptors (Lipinski definition) is 5. The maximum absolute atomic E-state index is 8.83. The van der Waals surface area contributed by atoms with E-state index >= 15 is 0 Å². The fourth-order valence-electron chi connectivity index (χ4n) is 2.78. The molecule has 1 aromatic heterocycles. The minimum absolute atomic E-state index is 0.716. The molecule has 1 aliphatic rings. The van der Waals surface area contributed by atoms with E-state index in [1.165, 1.54) is 5.56 Å². The van der Waals surface area contributed by atoms with Gasteiger partial charge in [0.1, 0.15) is 12.1 Å². The predicted molar refractivity (Wildman–Crippen MR) is 85.4 cm³/mol. The topological polar surface area (TPSA) is 56.1 Å². The summed E-state index contributed by atoms with van der Waals surface area (Å²) in [4.78, 5) is 13.2. The van der Waals surface area contributed by atoms with Crippen LogP contribution in [-0.2, 0) is 6.54 Å². The second-order valence-electron chi connectivity index (χ2n) is 5.60. The Morgan fingerprint density at radius 1 is 1.14 bits per heavy atom. The molecule has 112 valence electrons. The van der Waals surface area contributed by atoms with Gasteiger partial charge in [-0.1, -0.05) is 12.1 Å². The highest BCUT2D eigenvalue weighted by Gasteiger charge is 2.19. The summed E-state index contributed by atoms with van der Waals surface area (Å²) in [5.41, 5.74) is 3.10. The predicted octanol–water partition coefficient (Wildman–Crippen LogP) is 1.98. The van der Waals surface area contributed by atoms with Crippen LogP contribution in [0.1, 0.15) is 16.7 Å². The second-order valence-corrected chi connectivity index (χ2v) is 5.60. The van der Waals surface area contributed by atoms with Crippen molar-refractivity contribution in [2.45, 2.75) is 13.5 Å². The minimum Gasteiger partial charge on any atom is -0.354 e. The molecular formula is C17H19N5. The van der Waals surface area contributed by atoms with E-state index in [9.17, 15) is 0 Å². The third-order valence-electron chi connectivity index (χ3n) is 4.03. The minimum atomic E-state index is 0.716. The standard InChI is InChI=1S/C17H19N5/c1-14-11-19-13-20-17(14)22-8-6-21(7-9-22)12-16-4-2-15(10-18)3-5-16/h2-5,11,13H,6-9,12H2,1H3. The molecule has 2 heterocycles. The molecule has 0 bridgehead atoms. The smallest absolute Gasteiger partial charge is 0.134 e. The first-order valence-electron chi connectivity index (χ1n) is 7.49. The molecule has 1 saturated heterocycles. The number of piperazine rings is 1. The van der Waals surface area contributed by atoms with Crippen LogP contribution in [0.4, 0.5) is 5.82 Å². The van der Waals surface area contributed by atoms with Gasteiger partial charge in [0.05, 0.1) is 11.6 Å². The fourth-order valence-corrected chi connectivity index (χ4v) is 2.78. The number of rotatable bonds is 3. The third kappa shape index (κ3) is 3.23. The highest BCUT2D eigenvalue weighted by atomic mass is 15.3. The van der Waals surface area contributed by atoms with Gasteiger partial charge in [-0.25, -0.2) is 9.97 Å². The lowest BCUT2D eigenvalue weighted by molar-refractivity contribution is 0.249. The van der Waals surface area contributed by atoms with Gasteiger partial charge in [0.15, 0.2) is 0 Å². The fraction of sp³-hybridized carbons (Fsp3) is 0.353. The van der Waals surface area contributed by atoms with Crippen LogP contribution in [0.15, 0.2) is 36.8 Å². The lowest BCUT2D eigenvalue weighted by Gasteiger charge is -2.35. The summed E-state index contributed by atoms with van der Waals surface area (Å²) in [7, 11) is 0. The number of benzene rings is 1. The lowest BCUT2D eigenvalue weighted by atomic mass is 10.1. The zero-order valence-corrected chi connectivity index (χ0v) is 12.7. The van der Waals surface area contributed by atoms with Gasteiger partial charge in [-0.2, -0.15) is 5.26 Å². The van der Waals surface area contributed by atoms with E-state index in [4.69, 9.17) is 5.26 Å². The van der Waals surface area contributed by atoms with Gasteiger partial charge >= 0.3 is 0 Å². The highest BCUT2D eigenvalue weighted by molar-refractivity contribution is 5.44. The van der Waals surface area contributed by atoms with Gasteiger partial charge in [0.2, 0.25) is 0 Å². The summed E-state index contributed by atoms with van der Waals surface area (Å²) in [5, 5.41) is 8.83. The number of anilines is 1. The quantitative estimate of drug-likeness (QED) is 0.866. The molecule has 2 aromatic rings. The van der Waals surface area contributed by atoms with Crippen molar-refractivity contribution in [3.63, 3.8) is 0 Å². The molecule has 1 fully saturated rings. The van der Waals surface area contributed by atoms with Gasteiger partial charge in [-0.15, -0.1) is 0 Å². The molecule has 5 nitrogen and oxygen atoms in total. The van der Waals surface area contributed by atoms with Crippen molar-refractivity contribution in [3.05, 3.63) is 53.5 Å². The molecule has 5 heteroatoms.